The van der Waals surface area contributed by atoms with E-state index in [1.165, 1.54) is 12.1 Å². The summed E-state index contributed by atoms with van der Waals surface area (Å²) < 4.78 is 15.1. The lowest BCUT2D eigenvalue weighted by atomic mass is 9.90. The molecule has 4 nitrogen and oxygen atoms in total. The SMILES string of the molecule is Cc1nn(-c2cccc(Cl)c2)c(C)c1C(Cc1ccc(F)cc1Cl)C(N)=O. The Hall–Kier alpha value is -2.37. The number of hydrogen-bond donors (Lipinski definition) is 1. The maximum absolute atomic E-state index is 13.3. The molecule has 0 saturated carbocycles. The second-order valence-corrected chi connectivity index (χ2v) is 7.21. The fraction of sp³-hybridized carbons (Fsp3) is 0.200. The van der Waals surface area contributed by atoms with Crippen molar-refractivity contribution in [1.82, 2.24) is 9.78 Å². The van der Waals surface area contributed by atoms with Gasteiger partial charge in [-0.05, 0) is 56.2 Å². The Morgan fingerprint density at radius 3 is 2.59 bits per heavy atom. The van der Waals surface area contributed by atoms with Crippen LogP contribution in [-0.2, 0) is 11.2 Å². The molecule has 3 rings (SSSR count). The van der Waals surface area contributed by atoms with Gasteiger partial charge in [0.05, 0.1) is 17.3 Å². The zero-order valence-corrected chi connectivity index (χ0v) is 16.4. The summed E-state index contributed by atoms with van der Waals surface area (Å²) in [6.07, 6.45) is 0.261. The van der Waals surface area contributed by atoms with Crippen LogP contribution in [0.3, 0.4) is 0 Å². The van der Waals surface area contributed by atoms with Crippen LogP contribution in [0.4, 0.5) is 4.39 Å². The molecule has 0 aliphatic carbocycles. The summed E-state index contributed by atoms with van der Waals surface area (Å²) in [5.41, 5.74) is 9.35. The lowest BCUT2D eigenvalue weighted by molar-refractivity contribution is -0.119. The van der Waals surface area contributed by atoms with Crippen LogP contribution in [0.1, 0.15) is 28.4 Å². The van der Waals surface area contributed by atoms with Crippen LogP contribution in [0.25, 0.3) is 5.69 Å². The second kappa shape index (κ2) is 7.71. The van der Waals surface area contributed by atoms with Crippen molar-refractivity contribution in [2.45, 2.75) is 26.2 Å². The Morgan fingerprint density at radius 1 is 1.22 bits per heavy atom. The smallest absolute Gasteiger partial charge is 0.225 e. The largest absolute Gasteiger partial charge is 0.369 e. The highest BCUT2D eigenvalue weighted by Gasteiger charge is 2.27. The number of carbonyl (C=O) groups is 1. The van der Waals surface area contributed by atoms with E-state index in [1.54, 1.807) is 22.9 Å². The second-order valence-electron chi connectivity index (χ2n) is 6.37. The van der Waals surface area contributed by atoms with Crippen LogP contribution in [0, 0.1) is 19.7 Å². The van der Waals surface area contributed by atoms with Gasteiger partial charge < -0.3 is 5.73 Å². The Labute approximate surface area is 166 Å². The highest BCUT2D eigenvalue weighted by molar-refractivity contribution is 6.31. The molecule has 0 radical (unpaired) electrons. The van der Waals surface area contributed by atoms with Gasteiger partial charge in [0.25, 0.3) is 0 Å². The molecule has 0 spiro atoms. The standard InChI is InChI=1S/C20H18Cl2FN3O/c1-11-19(12(2)26(25-11)16-5-3-4-14(21)9-16)17(20(24)27)8-13-6-7-15(23)10-18(13)22/h3-7,9-10,17H,8H2,1-2H3,(H2,24,27). The van der Waals surface area contributed by atoms with E-state index >= 15 is 0 Å². The van der Waals surface area contributed by atoms with Crippen molar-refractivity contribution in [3.63, 3.8) is 0 Å². The van der Waals surface area contributed by atoms with Crippen molar-refractivity contribution in [3.05, 3.63) is 80.8 Å². The van der Waals surface area contributed by atoms with Gasteiger partial charge in [0.1, 0.15) is 5.82 Å². The number of halogens is 3. The Kier molecular flexibility index (Phi) is 5.53. The molecule has 1 amide bonds. The number of rotatable bonds is 5. The number of nitrogens with two attached hydrogens (primary N) is 1. The quantitative estimate of drug-likeness (QED) is 0.665. The average molecular weight is 406 g/mol. The van der Waals surface area contributed by atoms with Crippen LogP contribution in [0.5, 0.6) is 0 Å². The number of carbonyl (C=O) groups excluding carboxylic acids is 1. The average Bonchev–Trinajstić information content (AvgIpc) is 2.89. The van der Waals surface area contributed by atoms with Gasteiger partial charge in [-0.1, -0.05) is 35.3 Å². The molecule has 1 heterocycles. The number of aromatic nitrogens is 2. The lowest BCUT2D eigenvalue weighted by Gasteiger charge is -2.16. The summed E-state index contributed by atoms with van der Waals surface area (Å²) in [5.74, 6) is -1.56. The summed E-state index contributed by atoms with van der Waals surface area (Å²) in [7, 11) is 0. The summed E-state index contributed by atoms with van der Waals surface area (Å²) in [6, 6.07) is 11.4. The molecule has 2 aromatic carbocycles. The zero-order chi connectivity index (χ0) is 19.7. The first kappa shape index (κ1) is 19.4. The molecule has 1 unspecified atom stereocenters. The summed E-state index contributed by atoms with van der Waals surface area (Å²) >= 11 is 12.2. The predicted octanol–water partition coefficient (Wildman–Crippen LogP) is 4.75. The minimum Gasteiger partial charge on any atom is -0.369 e. The van der Waals surface area contributed by atoms with Crippen LogP contribution < -0.4 is 5.73 Å². The summed E-state index contributed by atoms with van der Waals surface area (Å²) in [6.45, 7) is 3.70. The van der Waals surface area contributed by atoms with E-state index in [-0.39, 0.29) is 11.4 Å². The van der Waals surface area contributed by atoms with Crippen molar-refractivity contribution < 1.29 is 9.18 Å². The maximum atomic E-state index is 13.3. The molecule has 0 fully saturated rings. The molecule has 1 atom stereocenters. The highest BCUT2D eigenvalue weighted by Crippen LogP contribution is 2.31. The first-order valence-electron chi connectivity index (χ1n) is 8.33. The van der Waals surface area contributed by atoms with Gasteiger partial charge in [0, 0.05) is 21.3 Å². The Bertz CT molecular complexity index is 1020. The third kappa shape index (κ3) is 3.99. The molecule has 0 aliphatic rings. The molecule has 140 valence electrons. The van der Waals surface area contributed by atoms with Gasteiger partial charge in [-0.2, -0.15) is 5.10 Å². The molecule has 7 heteroatoms. The van der Waals surface area contributed by atoms with Crippen molar-refractivity contribution in [2.24, 2.45) is 5.73 Å². The zero-order valence-electron chi connectivity index (χ0n) is 14.8. The number of hydrogen-bond acceptors (Lipinski definition) is 2. The molecule has 0 aliphatic heterocycles. The van der Waals surface area contributed by atoms with Gasteiger partial charge >= 0.3 is 0 Å². The Balaban J connectivity index is 2.05. The van der Waals surface area contributed by atoms with E-state index in [0.717, 1.165) is 16.9 Å². The lowest BCUT2D eigenvalue weighted by Crippen LogP contribution is -2.24. The minimum absolute atomic E-state index is 0.261. The summed E-state index contributed by atoms with van der Waals surface area (Å²) in [5, 5.41) is 5.41. The van der Waals surface area contributed by atoms with E-state index in [2.05, 4.69) is 5.10 Å². The molecule has 0 saturated heterocycles. The number of aryl methyl sites for hydroxylation is 1. The number of amides is 1. The number of benzene rings is 2. The molecule has 2 N–H and O–H groups in total. The Morgan fingerprint density at radius 2 is 1.96 bits per heavy atom. The molecular weight excluding hydrogens is 388 g/mol. The third-order valence-corrected chi connectivity index (χ3v) is 5.12. The monoisotopic (exact) mass is 405 g/mol. The normalized spacial score (nSPS) is 12.2. The van der Waals surface area contributed by atoms with Gasteiger partial charge in [-0.15, -0.1) is 0 Å². The van der Waals surface area contributed by atoms with E-state index < -0.39 is 17.6 Å². The molecule has 1 aromatic heterocycles. The molecule has 0 bridgehead atoms. The fourth-order valence-electron chi connectivity index (χ4n) is 3.27. The summed E-state index contributed by atoms with van der Waals surface area (Å²) in [4.78, 5) is 12.2. The van der Waals surface area contributed by atoms with E-state index in [0.29, 0.717) is 16.3 Å². The number of primary amides is 1. The van der Waals surface area contributed by atoms with Gasteiger partial charge in [-0.3, -0.25) is 4.79 Å². The highest BCUT2D eigenvalue weighted by atomic mass is 35.5. The van der Waals surface area contributed by atoms with Crippen LogP contribution in [-0.4, -0.2) is 15.7 Å². The fourth-order valence-corrected chi connectivity index (χ4v) is 3.70. The van der Waals surface area contributed by atoms with Crippen molar-refractivity contribution >= 4 is 29.1 Å². The van der Waals surface area contributed by atoms with Crippen molar-refractivity contribution in [2.75, 3.05) is 0 Å². The van der Waals surface area contributed by atoms with Gasteiger partial charge in [0.15, 0.2) is 0 Å². The van der Waals surface area contributed by atoms with E-state index in [4.69, 9.17) is 28.9 Å². The van der Waals surface area contributed by atoms with E-state index in [9.17, 15) is 9.18 Å². The van der Waals surface area contributed by atoms with Crippen LogP contribution in [0.2, 0.25) is 10.0 Å². The van der Waals surface area contributed by atoms with E-state index in [1.807, 2.05) is 26.0 Å². The predicted molar refractivity (Wildman–Crippen MR) is 105 cm³/mol. The third-order valence-electron chi connectivity index (χ3n) is 4.53. The van der Waals surface area contributed by atoms with Crippen molar-refractivity contribution in [1.29, 1.82) is 0 Å². The first-order valence-corrected chi connectivity index (χ1v) is 9.09. The van der Waals surface area contributed by atoms with Crippen molar-refractivity contribution in [3.8, 4) is 5.69 Å². The molecule has 3 aromatic rings. The van der Waals surface area contributed by atoms with Gasteiger partial charge in [0.2, 0.25) is 5.91 Å². The van der Waals surface area contributed by atoms with Gasteiger partial charge in [-0.25, -0.2) is 9.07 Å². The molecular formula is C20H18Cl2FN3O. The minimum atomic E-state index is -0.638. The van der Waals surface area contributed by atoms with Crippen LogP contribution in [0.15, 0.2) is 42.5 Å². The topological polar surface area (TPSA) is 60.9 Å². The number of nitrogens with zero attached hydrogens (tertiary/aromatic N) is 2. The maximum Gasteiger partial charge on any atom is 0.225 e. The molecule has 27 heavy (non-hydrogen) atoms. The van der Waals surface area contributed by atoms with Crippen LogP contribution >= 0.6 is 23.2 Å². The first-order chi connectivity index (χ1) is 12.8.